The van der Waals surface area contributed by atoms with E-state index in [1.165, 1.54) is 11.0 Å². The van der Waals surface area contributed by atoms with Crippen LogP contribution in [-0.2, 0) is 6.18 Å². The summed E-state index contributed by atoms with van der Waals surface area (Å²) in [5.74, 6) is -0.945. The molecule has 1 rings (SSSR count). The molecule has 0 radical (unpaired) electrons. The molecule has 1 atom stereocenters. The minimum atomic E-state index is -4.61. The topological polar surface area (TPSA) is 61.3 Å². The number of rotatable bonds is 6. The molecule has 0 aromatic carbocycles. The van der Waals surface area contributed by atoms with Crippen LogP contribution in [0.3, 0.4) is 0 Å². The van der Waals surface area contributed by atoms with Crippen LogP contribution in [0.1, 0.15) is 26.1 Å². The third-order valence-corrected chi connectivity index (χ3v) is 2.45. The number of aromatic nitrogens is 2. The molecule has 0 amide bonds. The first-order valence-electron chi connectivity index (χ1n) is 6.33. The predicted octanol–water partition coefficient (Wildman–Crippen LogP) is 2.13. The van der Waals surface area contributed by atoms with E-state index in [0.717, 1.165) is 6.42 Å². The van der Waals surface area contributed by atoms with Crippen molar-refractivity contribution in [3.8, 4) is 0 Å². The van der Waals surface area contributed by atoms with Crippen molar-refractivity contribution >= 4 is 11.6 Å². The van der Waals surface area contributed by atoms with E-state index in [9.17, 15) is 18.3 Å². The van der Waals surface area contributed by atoms with E-state index in [-0.39, 0.29) is 18.2 Å². The van der Waals surface area contributed by atoms with Gasteiger partial charge in [-0.15, -0.1) is 0 Å². The monoisotopic (exact) mass is 292 g/mol. The minimum Gasteiger partial charge on any atom is -0.392 e. The van der Waals surface area contributed by atoms with E-state index in [1.807, 2.05) is 6.92 Å². The number of alkyl halides is 3. The van der Waals surface area contributed by atoms with Gasteiger partial charge >= 0.3 is 6.18 Å². The van der Waals surface area contributed by atoms with Crippen molar-refractivity contribution in [3.05, 3.63) is 11.9 Å². The van der Waals surface area contributed by atoms with Gasteiger partial charge in [-0.2, -0.15) is 13.2 Å². The fourth-order valence-electron chi connectivity index (χ4n) is 1.59. The zero-order chi connectivity index (χ0) is 15.3. The average molecular weight is 292 g/mol. The molecule has 0 saturated carbocycles. The van der Waals surface area contributed by atoms with Crippen LogP contribution in [-0.4, -0.2) is 41.3 Å². The van der Waals surface area contributed by atoms with Gasteiger partial charge in [0, 0.05) is 26.2 Å². The lowest BCUT2D eigenvalue weighted by molar-refractivity contribution is -0.144. The highest BCUT2D eigenvalue weighted by molar-refractivity contribution is 5.49. The van der Waals surface area contributed by atoms with Crippen molar-refractivity contribution in [2.24, 2.45) is 0 Å². The van der Waals surface area contributed by atoms with Gasteiger partial charge in [0.2, 0.25) is 5.82 Å². The Morgan fingerprint density at radius 2 is 2.05 bits per heavy atom. The van der Waals surface area contributed by atoms with Crippen molar-refractivity contribution in [3.63, 3.8) is 0 Å². The average Bonchev–Trinajstić information content (AvgIpc) is 2.34. The fourth-order valence-corrected chi connectivity index (χ4v) is 1.59. The lowest BCUT2D eigenvalue weighted by Crippen LogP contribution is -2.28. The zero-order valence-electron chi connectivity index (χ0n) is 11.7. The largest absolute Gasteiger partial charge is 0.451 e. The number of anilines is 2. The third-order valence-electron chi connectivity index (χ3n) is 2.45. The molecule has 20 heavy (non-hydrogen) atoms. The summed E-state index contributed by atoms with van der Waals surface area (Å²) in [5, 5.41) is 12.1. The zero-order valence-corrected chi connectivity index (χ0v) is 11.7. The molecule has 0 aliphatic heterocycles. The number of aliphatic hydroxyl groups excluding tert-OH is 1. The molecule has 0 fully saturated rings. The van der Waals surface area contributed by atoms with Crippen LogP contribution in [0, 0.1) is 0 Å². The van der Waals surface area contributed by atoms with Crippen molar-refractivity contribution < 1.29 is 18.3 Å². The summed E-state index contributed by atoms with van der Waals surface area (Å²) < 4.78 is 38.3. The lowest BCUT2D eigenvalue weighted by atomic mass is 10.3. The highest BCUT2D eigenvalue weighted by Gasteiger charge is 2.35. The summed E-state index contributed by atoms with van der Waals surface area (Å²) in [6.45, 7) is 4.16. The molecular weight excluding hydrogens is 273 g/mol. The Labute approximate surface area is 115 Å². The van der Waals surface area contributed by atoms with E-state index in [0.29, 0.717) is 6.54 Å². The van der Waals surface area contributed by atoms with Gasteiger partial charge in [0.15, 0.2) is 0 Å². The minimum absolute atomic E-state index is 0.117. The van der Waals surface area contributed by atoms with Crippen molar-refractivity contribution in [1.82, 2.24) is 9.97 Å². The second-order valence-electron chi connectivity index (χ2n) is 4.59. The summed E-state index contributed by atoms with van der Waals surface area (Å²) >= 11 is 0. The summed E-state index contributed by atoms with van der Waals surface area (Å²) in [6, 6.07) is 1.44. The van der Waals surface area contributed by atoms with Gasteiger partial charge in [-0.05, 0) is 13.3 Å². The first-order valence-corrected chi connectivity index (χ1v) is 6.33. The smallest absolute Gasteiger partial charge is 0.392 e. The Hall–Kier alpha value is -1.57. The molecule has 0 aliphatic rings. The van der Waals surface area contributed by atoms with Crippen LogP contribution in [0.25, 0.3) is 0 Å². The number of nitrogens with zero attached hydrogens (tertiary/aromatic N) is 3. The van der Waals surface area contributed by atoms with E-state index in [4.69, 9.17) is 0 Å². The normalized spacial score (nSPS) is 13.2. The van der Waals surface area contributed by atoms with Gasteiger partial charge in [0.1, 0.15) is 11.6 Å². The third kappa shape index (κ3) is 4.84. The van der Waals surface area contributed by atoms with E-state index in [1.54, 1.807) is 14.0 Å². The maximum atomic E-state index is 12.8. The number of hydrogen-bond acceptors (Lipinski definition) is 5. The lowest BCUT2D eigenvalue weighted by Gasteiger charge is -2.21. The number of nitrogens with one attached hydrogen (secondary N) is 1. The standard InChI is InChI=1S/C12H19F3N4O/c1-4-5-16-9-6-10(19(3)7-8(2)20)18-11(17-9)12(13,14)15/h6,8,20H,4-5,7H2,1-3H3,(H,16,17,18). The highest BCUT2D eigenvalue weighted by atomic mass is 19.4. The summed E-state index contributed by atoms with van der Waals surface area (Å²) in [7, 11) is 1.57. The molecule has 1 unspecified atom stereocenters. The Balaban J connectivity index is 3.09. The van der Waals surface area contributed by atoms with Gasteiger partial charge < -0.3 is 15.3 Å². The SMILES string of the molecule is CCCNc1cc(N(C)CC(C)O)nc(C(F)(F)F)n1. The second kappa shape index (κ2) is 6.74. The van der Waals surface area contributed by atoms with Crippen LogP contribution in [0.15, 0.2) is 6.07 Å². The first kappa shape index (κ1) is 16.5. The molecule has 1 aromatic heterocycles. The Morgan fingerprint density at radius 1 is 1.40 bits per heavy atom. The van der Waals surface area contributed by atoms with Gasteiger partial charge in [-0.1, -0.05) is 6.92 Å². The van der Waals surface area contributed by atoms with Gasteiger partial charge in [0.25, 0.3) is 0 Å². The predicted molar refractivity (Wildman–Crippen MR) is 70.8 cm³/mol. The molecule has 0 spiro atoms. The second-order valence-corrected chi connectivity index (χ2v) is 4.59. The van der Waals surface area contributed by atoms with Crippen LogP contribution in [0.4, 0.5) is 24.8 Å². The maximum Gasteiger partial charge on any atom is 0.451 e. The molecule has 1 aromatic rings. The molecule has 5 nitrogen and oxygen atoms in total. The Morgan fingerprint density at radius 3 is 2.55 bits per heavy atom. The van der Waals surface area contributed by atoms with Crippen LogP contribution in [0.5, 0.6) is 0 Å². The van der Waals surface area contributed by atoms with Gasteiger partial charge in [-0.25, -0.2) is 9.97 Å². The Kier molecular flexibility index (Phi) is 5.55. The molecule has 1 heterocycles. The molecule has 0 bridgehead atoms. The maximum absolute atomic E-state index is 12.8. The van der Waals surface area contributed by atoms with Crippen molar-refractivity contribution in [2.45, 2.75) is 32.5 Å². The molecule has 0 saturated heterocycles. The molecular formula is C12H19F3N4O. The Bertz CT molecular complexity index is 437. The van der Waals surface area contributed by atoms with Crippen molar-refractivity contribution in [1.29, 1.82) is 0 Å². The van der Waals surface area contributed by atoms with Gasteiger partial charge in [-0.3, -0.25) is 0 Å². The fraction of sp³-hybridized carbons (Fsp3) is 0.667. The van der Waals surface area contributed by atoms with E-state index < -0.39 is 18.1 Å². The summed E-state index contributed by atoms with van der Waals surface area (Å²) in [4.78, 5) is 8.43. The van der Waals surface area contributed by atoms with Crippen LogP contribution >= 0.6 is 0 Å². The van der Waals surface area contributed by atoms with Crippen LogP contribution in [0.2, 0.25) is 0 Å². The highest BCUT2D eigenvalue weighted by Crippen LogP contribution is 2.29. The summed E-state index contributed by atoms with van der Waals surface area (Å²) in [5.41, 5.74) is 0. The van der Waals surface area contributed by atoms with E-state index in [2.05, 4.69) is 15.3 Å². The number of hydrogen-bond donors (Lipinski definition) is 2. The summed E-state index contributed by atoms with van der Waals surface area (Å²) in [6.07, 6.45) is -4.51. The molecule has 114 valence electrons. The molecule has 2 N–H and O–H groups in total. The number of likely N-dealkylation sites (N-methyl/N-ethyl adjacent to an activating group) is 1. The van der Waals surface area contributed by atoms with Gasteiger partial charge in [0.05, 0.1) is 6.10 Å². The quantitative estimate of drug-likeness (QED) is 0.841. The molecule has 8 heteroatoms. The van der Waals surface area contributed by atoms with Crippen molar-refractivity contribution in [2.75, 3.05) is 30.4 Å². The first-order chi connectivity index (χ1) is 9.24. The molecule has 0 aliphatic carbocycles. The number of aliphatic hydroxyl groups is 1. The van der Waals surface area contributed by atoms with E-state index >= 15 is 0 Å². The van der Waals surface area contributed by atoms with Crippen LogP contribution < -0.4 is 10.2 Å². The number of halogens is 3.